The minimum atomic E-state index is -1.97. The van der Waals surface area contributed by atoms with Crippen molar-refractivity contribution in [2.24, 2.45) is 11.8 Å². The summed E-state index contributed by atoms with van der Waals surface area (Å²) in [5.74, 6) is -6.99. The molecule has 0 aromatic rings. The number of nitriles is 2. The van der Waals surface area contributed by atoms with Crippen molar-refractivity contribution in [3.63, 3.8) is 0 Å². The van der Waals surface area contributed by atoms with Gasteiger partial charge in [0.1, 0.15) is 0 Å². The zero-order chi connectivity index (χ0) is 9.72. The molecule has 0 saturated carbocycles. The van der Waals surface area contributed by atoms with E-state index in [2.05, 4.69) is 0 Å². The molecular weight excluding hydrogens is 164 g/mol. The van der Waals surface area contributed by atoms with Gasteiger partial charge >= 0.3 is 11.9 Å². The van der Waals surface area contributed by atoms with Crippen LogP contribution in [0.15, 0.2) is 0 Å². The molecule has 0 radical (unpaired) electrons. The first-order valence-electron chi connectivity index (χ1n) is 2.79. The fourth-order valence-electron chi connectivity index (χ4n) is 0.569. The van der Waals surface area contributed by atoms with Crippen LogP contribution in [0, 0.1) is 34.5 Å². The Hall–Kier alpha value is -2.08. The maximum absolute atomic E-state index is 10.2. The predicted octanol–water partition coefficient (Wildman–Crippen LogP) is -0.565. The number of carboxylic acids is 2. The summed E-state index contributed by atoms with van der Waals surface area (Å²) in [7, 11) is 0. The van der Waals surface area contributed by atoms with Crippen LogP contribution < -0.4 is 0 Å². The van der Waals surface area contributed by atoms with Crippen molar-refractivity contribution < 1.29 is 19.8 Å². The number of hydrogen-bond donors (Lipinski definition) is 2. The van der Waals surface area contributed by atoms with Gasteiger partial charge in [0.2, 0.25) is 0 Å². The monoisotopic (exact) mass is 168 g/mol. The van der Waals surface area contributed by atoms with Crippen molar-refractivity contribution in [2.75, 3.05) is 0 Å². The number of nitrogens with zero attached hydrogens (tertiary/aromatic N) is 2. The molecule has 0 aromatic heterocycles. The van der Waals surface area contributed by atoms with Gasteiger partial charge in [0.25, 0.3) is 0 Å². The highest BCUT2D eigenvalue weighted by Crippen LogP contribution is 2.10. The molecule has 0 bridgehead atoms. The largest absolute Gasteiger partial charge is 0.481 e. The molecule has 6 heteroatoms. The average Bonchev–Trinajstić information content (AvgIpc) is 1.98. The number of aliphatic carboxylic acids is 2. The van der Waals surface area contributed by atoms with Crippen LogP contribution in [-0.4, -0.2) is 22.2 Å². The number of rotatable bonds is 3. The van der Waals surface area contributed by atoms with E-state index >= 15 is 0 Å². The lowest BCUT2D eigenvalue weighted by Gasteiger charge is -2.05. The summed E-state index contributed by atoms with van der Waals surface area (Å²) in [6.45, 7) is 0. The molecule has 0 atom stereocenters. The molecule has 0 heterocycles. The van der Waals surface area contributed by atoms with E-state index < -0.39 is 23.8 Å². The van der Waals surface area contributed by atoms with Crippen LogP contribution >= 0.6 is 0 Å². The van der Waals surface area contributed by atoms with Gasteiger partial charge in [0.05, 0.1) is 12.1 Å². The lowest BCUT2D eigenvalue weighted by molar-refractivity contribution is -0.155. The van der Waals surface area contributed by atoms with E-state index in [0.29, 0.717) is 0 Å². The molecule has 0 spiro atoms. The molecule has 0 aliphatic carbocycles. The molecule has 2 N–H and O–H groups in total. The molecule has 0 unspecified atom stereocenters. The van der Waals surface area contributed by atoms with Crippen LogP contribution in [-0.2, 0) is 9.59 Å². The van der Waals surface area contributed by atoms with E-state index in [1.54, 1.807) is 0 Å². The Labute approximate surface area is 67.3 Å². The summed E-state index contributed by atoms with van der Waals surface area (Å²) in [5.41, 5.74) is 0. The average molecular weight is 168 g/mol. The van der Waals surface area contributed by atoms with Gasteiger partial charge in [-0.3, -0.25) is 9.59 Å². The van der Waals surface area contributed by atoms with Gasteiger partial charge in [-0.25, -0.2) is 0 Å². The van der Waals surface area contributed by atoms with Crippen molar-refractivity contribution in [1.29, 1.82) is 10.5 Å². The fraction of sp³-hybridized carbons (Fsp3) is 0.333. The zero-order valence-corrected chi connectivity index (χ0v) is 5.76. The molecular formula is C6H4N2O4. The minimum Gasteiger partial charge on any atom is -0.481 e. The highest BCUT2D eigenvalue weighted by atomic mass is 16.4. The smallest absolute Gasteiger partial charge is 0.320 e. The molecule has 0 aromatic carbocycles. The quantitative estimate of drug-likeness (QED) is 0.544. The van der Waals surface area contributed by atoms with Crippen molar-refractivity contribution in [3.05, 3.63) is 0 Å². The summed E-state index contributed by atoms with van der Waals surface area (Å²) in [4.78, 5) is 20.4. The Balaban J connectivity index is 4.78. The third-order valence-electron chi connectivity index (χ3n) is 1.14. The van der Waals surface area contributed by atoms with Crippen molar-refractivity contribution in [1.82, 2.24) is 0 Å². The van der Waals surface area contributed by atoms with Crippen LogP contribution in [0.2, 0.25) is 0 Å². The van der Waals surface area contributed by atoms with Gasteiger partial charge in [-0.2, -0.15) is 10.5 Å². The van der Waals surface area contributed by atoms with Gasteiger partial charge in [-0.05, 0) is 0 Å². The molecule has 0 amide bonds. The van der Waals surface area contributed by atoms with Crippen LogP contribution in [0.5, 0.6) is 0 Å². The SMILES string of the molecule is N#CC(C#N)C(C(=O)O)C(=O)O. The van der Waals surface area contributed by atoms with Crippen molar-refractivity contribution in [3.8, 4) is 12.1 Å². The second kappa shape index (κ2) is 3.94. The summed E-state index contributed by atoms with van der Waals surface area (Å²) >= 11 is 0. The highest BCUT2D eigenvalue weighted by molar-refractivity contribution is 5.94. The number of carbonyl (C=O) groups is 2. The van der Waals surface area contributed by atoms with Crippen LogP contribution in [0.4, 0.5) is 0 Å². The van der Waals surface area contributed by atoms with Gasteiger partial charge in [-0.1, -0.05) is 0 Å². The Morgan fingerprint density at radius 2 is 1.42 bits per heavy atom. The second-order valence-corrected chi connectivity index (χ2v) is 1.89. The molecule has 0 fully saturated rings. The standard InChI is InChI=1S/C6H4N2O4/c7-1-3(2-8)4(5(9)10)6(11)12/h3-4H,(H,9,10)(H,11,12). The van der Waals surface area contributed by atoms with Crippen LogP contribution in [0.25, 0.3) is 0 Å². The van der Waals surface area contributed by atoms with Crippen LogP contribution in [0.3, 0.4) is 0 Å². The van der Waals surface area contributed by atoms with Gasteiger partial charge in [0, 0.05) is 0 Å². The first-order valence-corrected chi connectivity index (χ1v) is 2.79. The van der Waals surface area contributed by atoms with E-state index in [1.807, 2.05) is 0 Å². The van der Waals surface area contributed by atoms with Gasteiger partial charge < -0.3 is 10.2 Å². The van der Waals surface area contributed by atoms with Gasteiger partial charge in [0.15, 0.2) is 11.8 Å². The van der Waals surface area contributed by atoms with Crippen LogP contribution in [0.1, 0.15) is 0 Å². The molecule has 12 heavy (non-hydrogen) atoms. The molecule has 0 rings (SSSR count). The lowest BCUT2D eigenvalue weighted by Crippen LogP contribution is -2.29. The number of hydrogen-bond acceptors (Lipinski definition) is 4. The number of carboxylic acid groups (broad SMARTS) is 2. The summed E-state index contributed by atoms with van der Waals surface area (Å²) in [5, 5.41) is 33.0. The topological polar surface area (TPSA) is 122 Å². The molecule has 0 aliphatic heterocycles. The third kappa shape index (κ3) is 1.96. The predicted molar refractivity (Wildman–Crippen MR) is 33.5 cm³/mol. The summed E-state index contributed by atoms with van der Waals surface area (Å²) in [6.07, 6.45) is 0. The van der Waals surface area contributed by atoms with Crippen molar-refractivity contribution >= 4 is 11.9 Å². The Kier molecular flexibility index (Phi) is 3.26. The Bertz CT molecular complexity index is 257. The Morgan fingerprint density at radius 1 is 1.08 bits per heavy atom. The normalized spacial score (nSPS) is 9.00. The zero-order valence-electron chi connectivity index (χ0n) is 5.76. The third-order valence-corrected chi connectivity index (χ3v) is 1.14. The van der Waals surface area contributed by atoms with E-state index in [9.17, 15) is 9.59 Å². The minimum absolute atomic E-state index is 1.29. The first-order chi connectivity index (χ1) is 5.54. The van der Waals surface area contributed by atoms with E-state index in [1.165, 1.54) is 12.1 Å². The van der Waals surface area contributed by atoms with E-state index in [-0.39, 0.29) is 0 Å². The molecule has 0 aliphatic rings. The fourth-order valence-corrected chi connectivity index (χ4v) is 0.569. The Morgan fingerprint density at radius 3 is 1.50 bits per heavy atom. The highest BCUT2D eigenvalue weighted by Gasteiger charge is 2.35. The lowest BCUT2D eigenvalue weighted by atomic mass is 9.95. The summed E-state index contributed by atoms with van der Waals surface area (Å²) < 4.78 is 0. The molecule has 62 valence electrons. The van der Waals surface area contributed by atoms with Gasteiger partial charge in [-0.15, -0.1) is 0 Å². The molecule has 0 saturated heterocycles. The van der Waals surface area contributed by atoms with E-state index in [4.69, 9.17) is 20.7 Å². The maximum atomic E-state index is 10.2. The second-order valence-electron chi connectivity index (χ2n) is 1.89. The van der Waals surface area contributed by atoms with Crippen molar-refractivity contribution in [2.45, 2.75) is 0 Å². The first kappa shape index (κ1) is 9.92. The van der Waals surface area contributed by atoms with E-state index in [0.717, 1.165) is 0 Å². The maximum Gasteiger partial charge on any atom is 0.320 e. The molecule has 6 nitrogen and oxygen atoms in total. The summed E-state index contributed by atoms with van der Waals surface area (Å²) in [6, 6.07) is 2.58.